The van der Waals surface area contributed by atoms with Gasteiger partial charge >= 0.3 is 0 Å². The maximum Gasteiger partial charge on any atom is 0.236 e. The van der Waals surface area contributed by atoms with E-state index < -0.39 is 0 Å². The summed E-state index contributed by atoms with van der Waals surface area (Å²) in [5.74, 6) is 3.46. The lowest BCUT2D eigenvalue weighted by Gasteiger charge is -2.27. The van der Waals surface area contributed by atoms with Gasteiger partial charge in [0, 0.05) is 12.4 Å². The second-order valence-electron chi connectivity index (χ2n) is 6.23. The molecule has 110 valence electrons. The van der Waals surface area contributed by atoms with E-state index >= 15 is 0 Å². The van der Waals surface area contributed by atoms with E-state index in [1.807, 2.05) is 0 Å². The van der Waals surface area contributed by atoms with Crippen LogP contribution in [0, 0.1) is 17.8 Å². The molecular weight excluding hydrogens is 250 g/mol. The Balaban J connectivity index is 1.75. The van der Waals surface area contributed by atoms with Crippen molar-refractivity contribution in [2.45, 2.75) is 45.1 Å². The Bertz CT molecular complexity index is 451. The summed E-state index contributed by atoms with van der Waals surface area (Å²) >= 11 is 0. The van der Waals surface area contributed by atoms with Crippen LogP contribution in [-0.2, 0) is 0 Å². The van der Waals surface area contributed by atoms with Gasteiger partial charge in [0.15, 0.2) is 0 Å². The van der Waals surface area contributed by atoms with Crippen LogP contribution in [-0.4, -0.2) is 23.6 Å². The van der Waals surface area contributed by atoms with E-state index in [-0.39, 0.29) is 6.04 Å². The van der Waals surface area contributed by atoms with Gasteiger partial charge in [-0.2, -0.15) is 0 Å². The third-order valence-electron chi connectivity index (χ3n) is 5.09. The van der Waals surface area contributed by atoms with Crippen LogP contribution in [0.15, 0.2) is 12.4 Å². The standard InChI is InChI=1S/C16H25N3O/c1-3-17-14(15-16(20-2)19-7-6-18-15)10-13-9-11-4-5-12(13)8-11/h6-7,11-14,17H,3-5,8-10H2,1-2H3. The summed E-state index contributed by atoms with van der Waals surface area (Å²) in [6.45, 7) is 3.10. The highest BCUT2D eigenvalue weighted by atomic mass is 16.5. The summed E-state index contributed by atoms with van der Waals surface area (Å²) in [7, 11) is 1.67. The first-order chi connectivity index (χ1) is 9.81. The number of methoxy groups -OCH3 is 1. The van der Waals surface area contributed by atoms with E-state index in [9.17, 15) is 0 Å². The molecule has 1 N–H and O–H groups in total. The molecule has 2 saturated carbocycles. The quantitative estimate of drug-likeness (QED) is 0.867. The zero-order valence-corrected chi connectivity index (χ0v) is 12.5. The summed E-state index contributed by atoms with van der Waals surface area (Å²) in [4.78, 5) is 8.82. The van der Waals surface area contributed by atoms with Crippen LogP contribution in [0.3, 0.4) is 0 Å². The van der Waals surface area contributed by atoms with Gasteiger partial charge in [0.2, 0.25) is 5.88 Å². The minimum absolute atomic E-state index is 0.271. The van der Waals surface area contributed by atoms with Gasteiger partial charge < -0.3 is 10.1 Å². The molecule has 2 aliphatic carbocycles. The van der Waals surface area contributed by atoms with Crippen molar-refractivity contribution in [1.29, 1.82) is 0 Å². The maximum atomic E-state index is 5.39. The Labute approximate surface area is 121 Å². The molecular formula is C16H25N3O. The van der Waals surface area contributed by atoms with Gasteiger partial charge in [-0.25, -0.2) is 4.98 Å². The molecule has 0 aromatic carbocycles. The zero-order valence-electron chi connectivity index (χ0n) is 12.5. The fraction of sp³-hybridized carbons (Fsp3) is 0.750. The first kappa shape index (κ1) is 13.8. The van der Waals surface area contributed by atoms with Crippen LogP contribution >= 0.6 is 0 Å². The number of aromatic nitrogens is 2. The fourth-order valence-corrected chi connectivity index (χ4v) is 4.24. The van der Waals surface area contributed by atoms with Crippen LogP contribution < -0.4 is 10.1 Å². The van der Waals surface area contributed by atoms with Gasteiger partial charge in [-0.1, -0.05) is 13.3 Å². The van der Waals surface area contributed by atoms with E-state index in [4.69, 9.17) is 4.74 Å². The summed E-state index contributed by atoms with van der Waals surface area (Å²) in [5.41, 5.74) is 0.972. The average molecular weight is 275 g/mol. The van der Waals surface area contributed by atoms with Gasteiger partial charge in [0.05, 0.1) is 13.2 Å². The highest BCUT2D eigenvalue weighted by Gasteiger charge is 2.40. The third kappa shape index (κ3) is 2.66. The molecule has 20 heavy (non-hydrogen) atoms. The number of nitrogens with zero attached hydrogens (tertiary/aromatic N) is 2. The smallest absolute Gasteiger partial charge is 0.236 e. The van der Waals surface area contributed by atoms with Gasteiger partial charge in [-0.15, -0.1) is 0 Å². The zero-order chi connectivity index (χ0) is 13.9. The summed E-state index contributed by atoms with van der Waals surface area (Å²) in [6.07, 6.45) is 10.4. The first-order valence-electron chi connectivity index (χ1n) is 7.90. The molecule has 2 bridgehead atoms. The molecule has 3 rings (SSSR count). The largest absolute Gasteiger partial charge is 0.480 e. The Morgan fingerprint density at radius 3 is 2.80 bits per heavy atom. The molecule has 0 saturated heterocycles. The number of ether oxygens (including phenoxy) is 1. The van der Waals surface area contributed by atoms with Crippen LogP contribution in [0.4, 0.5) is 0 Å². The highest BCUT2D eigenvalue weighted by Crippen LogP contribution is 2.51. The fourth-order valence-electron chi connectivity index (χ4n) is 4.24. The van der Waals surface area contributed by atoms with Crippen molar-refractivity contribution in [3.63, 3.8) is 0 Å². The van der Waals surface area contributed by atoms with Gasteiger partial charge in [-0.3, -0.25) is 4.98 Å². The normalized spacial score (nSPS) is 29.6. The lowest BCUT2D eigenvalue weighted by Crippen LogP contribution is -2.26. The van der Waals surface area contributed by atoms with Crippen molar-refractivity contribution in [2.75, 3.05) is 13.7 Å². The molecule has 4 atom stereocenters. The number of nitrogens with one attached hydrogen (secondary N) is 1. The van der Waals surface area contributed by atoms with Crippen molar-refractivity contribution in [3.05, 3.63) is 18.1 Å². The number of hydrogen-bond donors (Lipinski definition) is 1. The van der Waals surface area contributed by atoms with E-state index in [1.54, 1.807) is 19.5 Å². The first-order valence-corrected chi connectivity index (χ1v) is 7.90. The van der Waals surface area contributed by atoms with Crippen LogP contribution in [0.5, 0.6) is 5.88 Å². The lowest BCUT2D eigenvalue weighted by molar-refractivity contribution is 0.273. The van der Waals surface area contributed by atoms with E-state index in [0.29, 0.717) is 5.88 Å². The molecule has 0 aliphatic heterocycles. The van der Waals surface area contributed by atoms with Gasteiger partial charge in [0.1, 0.15) is 5.69 Å². The average Bonchev–Trinajstić information content (AvgIpc) is 3.09. The molecule has 1 aromatic rings. The Morgan fingerprint density at radius 2 is 2.15 bits per heavy atom. The van der Waals surface area contributed by atoms with Crippen molar-refractivity contribution in [1.82, 2.24) is 15.3 Å². The van der Waals surface area contributed by atoms with E-state index in [2.05, 4.69) is 22.2 Å². The van der Waals surface area contributed by atoms with Gasteiger partial charge in [0.25, 0.3) is 0 Å². The molecule has 2 aliphatic rings. The Morgan fingerprint density at radius 1 is 1.30 bits per heavy atom. The number of rotatable bonds is 6. The predicted octanol–water partition coefficient (Wildman–Crippen LogP) is 2.96. The molecule has 0 radical (unpaired) electrons. The Kier molecular flexibility index (Phi) is 4.20. The molecule has 1 aromatic heterocycles. The van der Waals surface area contributed by atoms with Crippen molar-refractivity contribution < 1.29 is 4.74 Å². The third-order valence-corrected chi connectivity index (χ3v) is 5.09. The second kappa shape index (κ2) is 6.08. The van der Waals surface area contributed by atoms with Crippen LogP contribution in [0.25, 0.3) is 0 Å². The molecule has 1 heterocycles. The minimum Gasteiger partial charge on any atom is -0.480 e. The molecule has 0 amide bonds. The molecule has 4 nitrogen and oxygen atoms in total. The lowest BCUT2D eigenvalue weighted by atomic mass is 9.83. The molecule has 4 heteroatoms. The van der Waals surface area contributed by atoms with E-state index in [0.717, 1.165) is 30.0 Å². The number of fused-ring (bicyclic) bond motifs is 2. The SMILES string of the molecule is CCNC(CC1CC2CCC1C2)c1nccnc1OC. The maximum absolute atomic E-state index is 5.39. The predicted molar refractivity (Wildman–Crippen MR) is 78.6 cm³/mol. The summed E-state index contributed by atoms with van der Waals surface area (Å²) in [5, 5.41) is 3.58. The van der Waals surface area contributed by atoms with Crippen molar-refractivity contribution in [3.8, 4) is 5.88 Å². The number of hydrogen-bond acceptors (Lipinski definition) is 4. The molecule has 4 unspecified atom stereocenters. The Hall–Kier alpha value is -1.16. The van der Waals surface area contributed by atoms with Crippen molar-refractivity contribution in [2.24, 2.45) is 17.8 Å². The van der Waals surface area contributed by atoms with Crippen LogP contribution in [0.1, 0.15) is 50.8 Å². The monoisotopic (exact) mass is 275 g/mol. The molecule has 2 fully saturated rings. The highest BCUT2D eigenvalue weighted by molar-refractivity contribution is 5.21. The van der Waals surface area contributed by atoms with E-state index in [1.165, 1.54) is 32.1 Å². The van der Waals surface area contributed by atoms with Crippen molar-refractivity contribution >= 4 is 0 Å². The second-order valence-corrected chi connectivity index (χ2v) is 6.23. The van der Waals surface area contributed by atoms with Crippen LogP contribution in [0.2, 0.25) is 0 Å². The topological polar surface area (TPSA) is 47.0 Å². The summed E-state index contributed by atoms with van der Waals surface area (Å²) in [6, 6.07) is 0.271. The summed E-state index contributed by atoms with van der Waals surface area (Å²) < 4.78 is 5.39. The van der Waals surface area contributed by atoms with Gasteiger partial charge in [-0.05, 0) is 50.0 Å². The molecule has 0 spiro atoms. The minimum atomic E-state index is 0.271.